The number of aliphatic hydroxyl groups excluding tert-OH is 2. The molecule has 0 aliphatic rings. The lowest BCUT2D eigenvalue weighted by Crippen LogP contribution is -2.00. The van der Waals surface area contributed by atoms with Crippen LogP contribution >= 0.6 is 0 Å². The second-order valence-electron chi connectivity index (χ2n) is 3.40. The summed E-state index contributed by atoms with van der Waals surface area (Å²) in [5.41, 5.74) is 5.15. The van der Waals surface area contributed by atoms with Crippen molar-refractivity contribution >= 4 is 0 Å². The van der Waals surface area contributed by atoms with Crippen LogP contribution in [0.1, 0.15) is 27.8 Å². The lowest BCUT2D eigenvalue weighted by molar-refractivity contribution is 0.276. The normalized spacial score (nSPS) is 10.5. The Morgan fingerprint density at radius 3 is 2.08 bits per heavy atom. The van der Waals surface area contributed by atoms with Crippen molar-refractivity contribution in [3.05, 3.63) is 33.9 Å². The van der Waals surface area contributed by atoms with Gasteiger partial charge >= 0.3 is 0 Å². The predicted octanol–water partition coefficient (Wildman–Crippen LogP) is 1.60. The number of aryl methyl sites for hydroxylation is 1. The van der Waals surface area contributed by atoms with Crippen LogP contribution in [0.2, 0.25) is 0 Å². The molecule has 2 heteroatoms. The molecule has 0 unspecified atom stereocenters. The van der Waals surface area contributed by atoms with Gasteiger partial charge in [-0.05, 0) is 48.6 Å². The third-order valence-electron chi connectivity index (χ3n) is 2.69. The Morgan fingerprint density at radius 2 is 1.62 bits per heavy atom. The van der Waals surface area contributed by atoms with E-state index in [9.17, 15) is 0 Å². The maximum absolute atomic E-state index is 9.12. The first-order chi connectivity index (χ1) is 6.11. The summed E-state index contributed by atoms with van der Waals surface area (Å²) in [7, 11) is 0. The van der Waals surface area contributed by atoms with Crippen molar-refractivity contribution in [2.75, 3.05) is 0 Å². The van der Waals surface area contributed by atoms with E-state index >= 15 is 0 Å². The minimum Gasteiger partial charge on any atom is -0.392 e. The molecule has 2 N–H and O–H groups in total. The van der Waals surface area contributed by atoms with E-state index in [-0.39, 0.29) is 13.2 Å². The Labute approximate surface area is 78.8 Å². The molecule has 0 fully saturated rings. The van der Waals surface area contributed by atoms with E-state index in [1.54, 1.807) is 0 Å². The van der Waals surface area contributed by atoms with Gasteiger partial charge < -0.3 is 10.2 Å². The zero-order valence-corrected chi connectivity index (χ0v) is 8.39. The van der Waals surface area contributed by atoms with Crippen molar-refractivity contribution in [1.29, 1.82) is 0 Å². The molecule has 0 heterocycles. The van der Waals surface area contributed by atoms with Crippen molar-refractivity contribution in [2.24, 2.45) is 0 Å². The average Bonchev–Trinajstić information content (AvgIpc) is 2.12. The minimum absolute atomic E-state index is 0.0687. The highest BCUT2D eigenvalue weighted by Crippen LogP contribution is 2.21. The van der Waals surface area contributed by atoms with Crippen LogP contribution in [0.15, 0.2) is 6.07 Å². The SMILES string of the molecule is Cc1cc(CO)c(C)c(C)c1CO. The highest BCUT2D eigenvalue weighted by atomic mass is 16.3. The summed E-state index contributed by atoms with van der Waals surface area (Å²) in [5, 5.41) is 18.2. The maximum Gasteiger partial charge on any atom is 0.0687 e. The standard InChI is InChI=1S/C11H16O2/c1-7-4-10(5-12)8(2)9(3)11(7)6-13/h4,12-13H,5-6H2,1-3H3. The van der Waals surface area contributed by atoms with Crippen LogP contribution in [0.25, 0.3) is 0 Å². The molecule has 0 saturated heterocycles. The molecule has 0 aliphatic carbocycles. The first-order valence-corrected chi connectivity index (χ1v) is 4.42. The van der Waals surface area contributed by atoms with Crippen molar-refractivity contribution in [3.63, 3.8) is 0 Å². The summed E-state index contributed by atoms with van der Waals surface area (Å²) in [6.07, 6.45) is 0. The van der Waals surface area contributed by atoms with Gasteiger partial charge in [0.15, 0.2) is 0 Å². The third kappa shape index (κ3) is 1.74. The van der Waals surface area contributed by atoms with E-state index in [1.807, 2.05) is 26.8 Å². The fourth-order valence-electron chi connectivity index (χ4n) is 1.63. The molecule has 72 valence electrons. The predicted molar refractivity (Wildman–Crippen MR) is 52.5 cm³/mol. The van der Waals surface area contributed by atoms with Gasteiger partial charge in [0.05, 0.1) is 13.2 Å². The Bertz CT molecular complexity index is 316. The van der Waals surface area contributed by atoms with Crippen LogP contribution in [-0.4, -0.2) is 10.2 Å². The Kier molecular flexibility index (Phi) is 3.07. The number of hydrogen-bond donors (Lipinski definition) is 2. The van der Waals surface area contributed by atoms with Crippen LogP contribution < -0.4 is 0 Å². The van der Waals surface area contributed by atoms with E-state index in [0.717, 1.165) is 27.8 Å². The molecule has 2 nitrogen and oxygen atoms in total. The van der Waals surface area contributed by atoms with E-state index < -0.39 is 0 Å². The number of rotatable bonds is 2. The monoisotopic (exact) mass is 180 g/mol. The fourth-order valence-corrected chi connectivity index (χ4v) is 1.63. The lowest BCUT2D eigenvalue weighted by atomic mass is 9.94. The summed E-state index contributed by atoms with van der Waals surface area (Å²) in [4.78, 5) is 0. The molecule has 0 aromatic heterocycles. The van der Waals surface area contributed by atoms with Crippen molar-refractivity contribution in [2.45, 2.75) is 34.0 Å². The number of aliphatic hydroxyl groups is 2. The molecule has 13 heavy (non-hydrogen) atoms. The van der Waals surface area contributed by atoms with E-state index in [0.29, 0.717) is 0 Å². The van der Waals surface area contributed by atoms with Gasteiger partial charge in [0, 0.05) is 0 Å². The second kappa shape index (κ2) is 3.90. The van der Waals surface area contributed by atoms with Gasteiger partial charge in [0.2, 0.25) is 0 Å². The average molecular weight is 180 g/mol. The van der Waals surface area contributed by atoms with Gasteiger partial charge in [0.1, 0.15) is 0 Å². The third-order valence-corrected chi connectivity index (χ3v) is 2.69. The Balaban J connectivity index is 3.37. The molecule has 1 rings (SSSR count). The topological polar surface area (TPSA) is 40.5 Å². The van der Waals surface area contributed by atoms with E-state index in [2.05, 4.69) is 0 Å². The molecule has 0 saturated carbocycles. The first kappa shape index (κ1) is 10.2. The van der Waals surface area contributed by atoms with Crippen molar-refractivity contribution in [1.82, 2.24) is 0 Å². The van der Waals surface area contributed by atoms with Crippen LogP contribution in [0.5, 0.6) is 0 Å². The number of hydrogen-bond acceptors (Lipinski definition) is 2. The highest BCUT2D eigenvalue weighted by Gasteiger charge is 2.08. The zero-order valence-electron chi connectivity index (χ0n) is 8.39. The molecule has 0 bridgehead atoms. The molecule has 0 atom stereocenters. The molecular formula is C11H16O2. The quantitative estimate of drug-likeness (QED) is 0.725. The molecule has 1 aromatic carbocycles. The summed E-state index contributed by atoms with van der Waals surface area (Å²) in [6.45, 7) is 6.05. The van der Waals surface area contributed by atoms with Gasteiger partial charge in [-0.1, -0.05) is 6.07 Å². The largest absolute Gasteiger partial charge is 0.392 e. The summed E-state index contributed by atoms with van der Waals surface area (Å²) < 4.78 is 0. The minimum atomic E-state index is 0.0687. The van der Waals surface area contributed by atoms with E-state index in [1.165, 1.54) is 0 Å². The zero-order chi connectivity index (χ0) is 10.0. The summed E-state index contributed by atoms with van der Waals surface area (Å²) >= 11 is 0. The van der Waals surface area contributed by atoms with E-state index in [4.69, 9.17) is 10.2 Å². The van der Waals surface area contributed by atoms with Crippen LogP contribution in [-0.2, 0) is 13.2 Å². The summed E-state index contributed by atoms with van der Waals surface area (Å²) in [6, 6.07) is 1.94. The van der Waals surface area contributed by atoms with Gasteiger partial charge in [0.25, 0.3) is 0 Å². The van der Waals surface area contributed by atoms with Crippen molar-refractivity contribution < 1.29 is 10.2 Å². The molecule has 0 spiro atoms. The lowest BCUT2D eigenvalue weighted by Gasteiger charge is -2.13. The first-order valence-electron chi connectivity index (χ1n) is 4.42. The van der Waals surface area contributed by atoms with Crippen molar-refractivity contribution in [3.8, 4) is 0 Å². The van der Waals surface area contributed by atoms with Gasteiger partial charge in [-0.3, -0.25) is 0 Å². The summed E-state index contributed by atoms with van der Waals surface area (Å²) in [5.74, 6) is 0. The van der Waals surface area contributed by atoms with Crippen LogP contribution in [0.3, 0.4) is 0 Å². The molecule has 1 aromatic rings. The van der Waals surface area contributed by atoms with Crippen LogP contribution in [0.4, 0.5) is 0 Å². The smallest absolute Gasteiger partial charge is 0.0687 e. The fraction of sp³-hybridized carbons (Fsp3) is 0.455. The highest BCUT2D eigenvalue weighted by molar-refractivity contribution is 5.43. The number of benzene rings is 1. The van der Waals surface area contributed by atoms with Gasteiger partial charge in [-0.15, -0.1) is 0 Å². The molecule has 0 amide bonds. The van der Waals surface area contributed by atoms with Crippen LogP contribution in [0, 0.1) is 20.8 Å². The molecular weight excluding hydrogens is 164 g/mol. The molecule has 0 aliphatic heterocycles. The molecule has 0 radical (unpaired) electrons. The Hall–Kier alpha value is -0.860. The second-order valence-corrected chi connectivity index (χ2v) is 3.40. The Morgan fingerprint density at radius 1 is 1.00 bits per heavy atom. The maximum atomic E-state index is 9.12. The van der Waals surface area contributed by atoms with Gasteiger partial charge in [-0.2, -0.15) is 0 Å². The van der Waals surface area contributed by atoms with Gasteiger partial charge in [-0.25, -0.2) is 0 Å².